The number of nitrogens with two attached hydrogens (primary N) is 1. The van der Waals surface area contributed by atoms with E-state index in [0.29, 0.717) is 5.92 Å². The van der Waals surface area contributed by atoms with Crippen LogP contribution >= 0.6 is 0 Å². The third-order valence-corrected chi connectivity index (χ3v) is 6.23. The van der Waals surface area contributed by atoms with Crippen LogP contribution in [0.5, 0.6) is 0 Å². The van der Waals surface area contributed by atoms with Crippen molar-refractivity contribution in [2.75, 3.05) is 0 Å². The quantitative estimate of drug-likeness (QED) is 0.511. The van der Waals surface area contributed by atoms with Crippen molar-refractivity contribution >= 4 is 5.91 Å². The van der Waals surface area contributed by atoms with E-state index in [1.807, 2.05) is 6.07 Å². The van der Waals surface area contributed by atoms with Gasteiger partial charge in [-0.1, -0.05) is 82.7 Å². The van der Waals surface area contributed by atoms with Crippen molar-refractivity contribution in [3.63, 3.8) is 0 Å². The Labute approximate surface area is 148 Å². The van der Waals surface area contributed by atoms with Gasteiger partial charge < -0.3 is 5.73 Å². The van der Waals surface area contributed by atoms with Crippen LogP contribution in [0.1, 0.15) is 89.5 Å². The molecule has 0 aliphatic heterocycles. The van der Waals surface area contributed by atoms with Crippen LogP contribution in [0.4, 0.5) is 0 Å². The molecule has 0 aromatic heterocycles. The van der Waals surface area contributed by atoms with Crippen molar-refractivity contribution in [3.05, 3.63) is 35.9 Å². The normalized spacial score (nSPS) is 24.3. The Bertz CT molecular complexity index is 498. The fourth-order valence-corrected chi connectivity index (χ4v) is 4.77. The zero-order chi connectivity index (χ0) is 17.4. The first kappa shape index (κ1) is 19.0. The first-order valence-corrected chi connectivity index (χ1v) is 10.0. The van der Waals surface area contributed by atoms with Crippen LogP contribution in [-0.4, -0.2) is 5.91 Å². The number of hydrogen-bond acceptors (Lipinski definition) is 1. The third kappa shape index (κ3) is 4.02. The molecule has 134 valence electrons. The van der Waals surface area contributed by atoms with Crippen molar-refractivity contribution in [1.82, 2.24) is 0 Å². The van der Waals surface area contributed by atoms with Gasteiger partial charge in [-0.3, -0.25) is 4.79 Å². The zero-order valence-electron chi connectivity index (χ0n) is 15.6. The second-order valence-electron chi connectivity index (χ2n) is 7.57. The van der Waals surface area contributed by atoms with E-state index in [0.717, 1.165) is 12.8 Å². The van der Waals surface area contributed by atoms with Crippen LogP contribution < -0.4 is 5.73 Å². The first-order valence-electron chi connectivity index (χ1n) is 10.0. The van der Waals surface area contributed by atoms with E-state index in [1.54, 1.807) is 0 Å². The summed E-state index contributed by atoms with van der Waals surface area (Å²) in [7, 11) is 0. The van der Waals surface area contributed by atoms with Crippen LogP contribution in [-0.2, 0) is 4.79 Å². The van der Waals surface area contributed by atoms with Crippen LogP contribution in [0.3, 0.4) is 0 Å². The lowest BCUT2D eigenvalue weighted by Crippen LogP contribution is -2.54. The van der Waals surface area contributed by atoms with E-state index in [1.165, 1.54) is 56.9 Å². The number of rotatable bonds is 11. The van der Waals surface area contributed by atoms with Gasteiger partial charge in [0.05, 0.1) is 5.41 Å². The summed E-state index contributed by atoms with van der Waals surface area (Å²) < 4.78 is 0. The van der Waals surface area contributed by atoms with Crippen LogP contribution in [0, 0.1) is 11.3 Å². The molecular formula is C22H35NO. The number of carbonyl (C=O) groups excluding carboxylic acids is 1. The molecule has 2 heteroatoms. The highest BCUT2D eigenvalue weighted by Crippen LogP contribution is 2.58. The molecule has 0 heterocycles. The standard InChI is InChI=1S/C22H35NO/c1-3-5-6-7-8-12-15-19-16-17-22(19,21(23)24)20(4-2)18-13-10-9-11-14-18/h9-11,13-14,19-20H,3-8,12,15-17H2,1-2H3,(H2,23,24). The average molecular weight is 330 g/mol. The molecule has 3 atom stereocenters. The summed E-state index contributed by atoms with van der Waals surface area (Å²) in [6.07, 6.45) is 12.2. The topological polar surface area (TPSA) is 43.1 Å². The molecule has 24 heavy (non-hydrogen) atoms. The number of carbonyl (C=O) groups is 1. The molecule has 0 bridgehead atoms. The summed E-state index contributed by atoms with van der Waals surface area (Å²) in [5.41, 5.74) is 6.95. The van der Waals surface area contributed by atoms with Crippen molar-refractivity contribution in [2.24, 2.45) is 17.1 Å². The van der Waals surface area contributed by atoms with Gasteiger partial charge >= 0.3 is 0 Å². The van der Waals surface area contributed by atoms with Gasteiger partial charge in [0.2, 0.25) is 5.91 Å². The second kappa shape index (κ2) is 9.25. The summed E-state index contributed by atoms with van der Waals surface area (Å²) in [6, 6.07) is 10.5. The SMILES string of the molecule is CCCCCCCCC1CCC1(C(N)=O)C(CC)c1ccccc1. The molecule has 0 spiro atoms. The lowest BCUT2D eigenvalue weighted by atomic mass is 9.50. The van der Waals surface area contributed by atoms with Crippen molar-refractivity contribution in [3.8, 4) is 0 Å². The van der Waals surface area contributed by atoms with Gasteiger partial charge in [0.15, 0.2) is 0 Å². The molecule has 1 saturated carbocycles. The Balaban J connectivity index is 2.00. The number of benzene rings is 1. The van der Waals surface area contributed by atoms with E-state index < -0.39 is 0 Å². The van der Waals surface area contributed by atoms with Gasteiger partial charge in [-0.2, -0.15) is 0 Å². The molecule has 2 nitrogen and oxygen atoms in total. The predicted octanol–water partition coefficient (Wildman–Crippen LogP) is 5.81. The smallest absolute Gasteiger partial charge is 0.224 e. The summed E-state index contributed by atoms with van der Waals surface area (Å²) >= 11 is 0. The molecule has 2 N–H and O–H groups in total. The summed E-state index contributed by atoms with van der Waals surface area (Å²) in [4.78, 5) is 12.5. The molecule has 0 saturated heterocycles. The Kier molecular flexibility index (Phi) is 7.33. The lowest BCUT2D eigenvalue weighted by molar-refractivity contribution is -0.142. The Hall–Kier alpha value is -1.31. The Morgan fingerprint density at radius 1 is 1.12 bits per heavy atom. The fourth-order valence-electron chi connectivity index (χ4n) is 4.77. The maximum atomic E-state index is 12.5. The zero-order valence-corrected chi connectivity index (χ0v) is 15.6. The van der Waals surface area contributed by atoms with Crippen molar-refractivity contribution in [1.29, 1.82) is 0 Å². The van der Waals surface area contributed by atoms with Gasteiger partial charge in [-0.25, -0.2) is 0 Å². The summed E-state index contributed by atoms with van der Waals surface area (Å²) in [5.74, 6) is 0.682. The highest BCUT2D eigenvalue weighted by Gasteiger charge is 2.55. The number of amides is 1. The predicted molar refractivity (Wildman–Crippen MR) is 102 cm³/mol. The highest BCUT2D eigenvalue weighted by molar-refractivity contribution is 5.83. The minimum absolute atomic E-state index is 0.0690. The molecule has 1 aromatic carbocycles. The van der Waals surface area contributed by atoms with Gasteiger partial charge in [0, 0.05) is 0 Å². The number of primary amides is 1. The summed E-state index contributed by atoms with van der Waals surface area (Å²) in [5, 5.41) is 0. The Morgan fingerprint density at radius 2 is 1.79 bits per heavy atom. The molecule has 1 aromatic rings. The maximum Gasteiger partial charge on any atom is 0.224 e. The van der Waals surface area contributed by atoms with Gasteiger partial charge in [0.25, 0.3) is 0 Å². The average Bonchev–Trinajstić information content (AvgIpc) is 2.58. The molecule has 2 rings (SSSR count). The van der Waals surface area contributed by atoms with Crippen LogP contribution in [0.15, 0.2) is 30.3 Å². The van der Waals surface area contributed by atoms with Crippen molar-refractivity contribution in [2.45, 2.75) is 84.0 Å². The molecule has 1 fully saturated rings. The van der Waals surface area contributed by atoms with Crippen LogP contribution in [0.25, 0.3) is 0 Å². The minimum atomic E-state index is -0.306. The van der Waals surface area contributed by atoms with Gasteiger partial charge in [-0.05, 0) is 43.1 Å². The fraction of sp³-hybridized carbons (Fsp3) is 0.682. The van der Waals surface area contributed by atoms with E-state index in [9.17, 15) is 4.79 Å². The molecule has 1 aliphatic carbocycles. The molecular weight excluding hydrogens is 294 g/mol. The van der Waals surface area contributed by atoms with Gasteiger partial charge in [0.1, 0.15) is 0 Å². The van der Waals surface area contributed by atoms with Gasteiger partial charge in [-0.15, -0.1) is 0 Å². The minimum Gasteiger partial charge on any atom is -0.369 e. The van der Waals surface area contributed by atoms with E-state index in [4.69, 9.17) is 5.73 Å². The monoisotopic (exact) mass is 329 g/mol. The van der Waals surface area contributed by atoms with E-state index >= 15 is 0 Å². The highest BCUT2D eigenvalue weighted by atomic mass is 16.1. The lowest BCUT2D eigenvalue weighted by Gasteiger charge is -2.52. The van der Waals surface area contributed by atoms with E-state index in [-0.39, 0.29) is 17.2 Å². The second-order valence-corrected chi connectivity index (χ2v) is 7.57. The largest absolute Gasteiger partial charge is 0.369 e. The molecule has 0 radical (unpaired) electrons. The molecule has 3 unspecified atom stereocenters. The summed E-state index contributed by atoms with van der Waals surface area (Å²) in [6.45, 7) is 4.45. The molecule has 1 aliphatic rings. The Morgan fingerprint density at radius 3 is 2.33 bits per heavy atom. The number of hydrogen-bond donors (Lipinski definition) is 1. The molecule has 1 amide bonds. The maximum absolute atomic E-state index is 12.5. The van der Waals surface area contributed by atoms with Crippen molar-refractivity contribution < 1.29 is 4.79 Å². The van der Waals surface area contributed by atoms with E-state index in [2.05, 4.69) is 38.1 Å². The third-order valence-electron chi connectivity index (χ3n) is 6.23. The first-order chi connectivity index (χ1) is 11.7. The van der Waals surface area contributed by atoms with Crippen LogP contribution in [0.2, 0.25) is 0 Å². The number of unbranched alkanes of at least 4 members (excludes halogenated alkanes) is 5.